The predicted molar refractivity (Wildman–Crippen MR) is 118 cm³/mol. The van der Waals surface area contributed by atoms with E-state index in [4.69, 9.17) is 0 Å². The van der Waals surface area contributed by atoms with Crippen molar-refractivity contribution in [2.75, 3.05) is 6.54 Å². The molecule has 0 amide bonds. The van der Waals surface area contributed by atoms with Crippen LogP contribution in [0, 0.1) is 0 Å². The van der Waals surface area contributed by atoms with Crippen LogP contribution in [0.25, 0.3) is 5.57 Å². The Kier molecular flexibility index (Phi) is 16.3. The zero-order valence-corrected chi connectivity index (χ0v) is 18.0. The molecule has 1 aliphatic heterocycles. The molecule has 0 fully saturated rings. The Morgan fingerprint density at radius 1 is 0.920 bits per heavy atom. The molecule has 1 heteroatoms. The fraction of sp³-hybridized carbons (Fsp3) is 0.500. The number of benzene rings is 1. The number of hydrogen-bond acceptors (Lipinski definition) is 1. The molecule has 0 aromatic heterocycles. The van der Waals surface area contributed by atoms with Crippen molar-refractivity contribution in [2.24, 2.45) is 0 Å². The summed E-state index contributed by atoms with van der Waals surface area (Å²) in [5.74, 6) is 0. The van der Waals surface area contributed by atoms with Crippen LogP contribution in [0.1, 0.15) is 84.5 Å². The minimum atomic E-state index is 0.464. The maximum Gasteiger partial charge on any atom is 0.0370 e. The van der Waals surface area contributed by atoms with Gasteiger partial charge in [0.05, 0.1) is 0 Å². The summed E-state index contributed by atoms with van der Waals surface area (Å²) in [6.45, 7) is 25.0. The molecule has 1 aromatic carbocycles. The number of hydrogen-bond donors (Lipinski definition) is 1. The van der Waals surface area contributed by atoms with E-state index in [2.05, 4.69) is 36.7 Å². The van der Waals surface area contributed by atoms with E-state index in [1.54, 1.807) is 0 Å². The van der Waals surface area contributed by atoms with Crippen LogP contribution in [-0.4, -0.2) is 6.54 Å². The van der Waals surface area contributed by atoms with Gasteiger partial charge in [-0.2, -0.15) is 0 Å². The third-order valence-corrected chi connectivity index (χ3v) is 3.84. The summed E-state index contributed by atoms with van der Waals surface area (Å²) < 4.78 is 0. The first-order chi connectivity index (χ1) is 12.3. The molecule has 25 heavy (non-hydrogen) atoms. The Labute approximate surface area is 157 Å². The van der Waals surface area contributed by atoms with Crippen molar-refractivity contribution >= 4 is 5.57 Å². The van der Waals surface area contributed by atoms with Crippen LogP contribution in [0.15, 0.2) is 49.1 Å². The second-order valence-corrected chi connectivity index (χ2v) is 4.69. The Morgan fingerprint density at radius 3 is 2.04 bits per heavy atom. The molecule has 1 aromatic rings. The van der Waals surface area contributed by atoms with Crippen molar-refractivity contribution in [3.05, 3.63) is 65.8 Å². The first-order valence-corrected chi connectivity index (χ1v) is 10.2. The molecule has 1 nitrogen and oxygen atoms in total. The molecule has 1 atom stereocenters. The van der Waals surface area contributed by atoms with Crippen LogP contribution < -0.4 is 5.32 Å². The van der Waals surface area contributed by atoms with Crippen molar-refractivity contribution in [3.63, 3.8) is 0 Å². The summed E-state index contributed by atoms with van der Waals surface area (Å²) >= 11 is 0. The van der Waals surface area contributed by atoms with Crippen LogP contribution in [-0.2, 0) is 6.42 Å². The second kappa shape index (κ2) is 15.9. The zero-order valence-electron chi connectivity index (χ0n) is 18.0. The summed E-state index contributed by atoms with van der Waals surface area (Å²) in [5.41, 5.74) is 6.89. The molecule has 0 spiro atoms. The van der Waals surface area contributed by atoms with Crippen molar-refractivity contribution in [3.8, 4) is 0 Å². The van der Waals surface area contributed by atoms with Gasteiger partial charge in [0.1, 0.15) is 0 Å². The molecule has 0 radical (unpaired) electrons. The summed E-state index contributed by atoms with van der Waals surface area (Å²) in [4.78, 5) is 0. The summed E-state index contributed by atoms with van der Waals surface area (Å²) in [6.07, 6.45) is 6.11. The largest absolute Gasteiger partial charge is 0.309 e. The van der Waals surface area contributed by atoms with Crippen molar-refractivity contribution < 1.29 is 0 Å². The van der Waals surface area contributed by atoms with Gasteiger partial charge in [-0.25, -0.2) is 0 Å². The van der Waals surface area contributed by atoms with Gasteiger partial charge in [-0.3, -0.25) is 0 Å². The molecule has 0 bridgehead atoms. The van der Waals surface area contributed by atoms with Gasteiger partial charge in [0, 0.05) is 6.04 Å². The van der Waals surface area contributed by atoms with Crippen LogP contribution in [0.3, 0.4) is 0 Å². The highest BCUT2D eigenvalue weighted by atomic mass is 14.9. The maximum atomic E-state index is 3.95. The smallest absolute Gasteiger partial charge is 0.0370 e. The molecular formula is C24H41N. The molecule has 1 N–H and O–H groups in total. The van der Waals surface area contributed by atoms with Crippen molar-refractivity contribution in [2.45, 2.75) is 74.3 Å². The van der Waals surface area contributed by atoms with Gasteiger partial charge in [0.15, 0.2) is 0 Å². The van der Waals surface area contributed by atoms with E-state index >= 15 is 0 Å². The zero-order chi connectivity index (χ0) is 19.8. The van der Waals surface area contributed by atoms with E-state index in [0.717, 1.165) is 19.4 Å². The fourth-order valence-electron chi connectivity index (χ4n) is 3.07. The Balaban J connectivity index is 0. The SMILES string of the molecule is C=CC1=C(C=C)c2cccc3c2C(C1)NCC3.CC.CC.CC.CC. The van der Waals surface area contributed by atoms with Gasteiger partial charge in [-0.05, 0) is 47.2 Å². The lowest BCUT2D eigenvalue weighted by Gasteiger charge is -2.34. The molecular weight excluding hydrogens is 302 g/mol. The van der Waals surface area contributed by atoms with E-state index < -0.39 is 0 Å². The Hall–Kier alpha value is -1.60. The lowest BCUT2D eigenvalue weighted by molar-refractivity contribution is 0.499. The molecule has 1 heterocycles. The molecule has 1 unspecified atom stereocenters. The van der Waals surface area contributed by atoms with Gasteiger partial charge >= 0.3 is 0 Å². The predicted octanol–water partition coefficient (Wildman–Crippen LogP) is 7.51. The van der Waals surface area contributed by atoms with Crippen LogP contribution >= 0.6 is 0 Å². The first-order valence-electron chi connectivity index (χ1n) is 10.2. The molecule has 142 valence electrons. The topological polar surface area (TPSA) is 12.0 Å². The average molecular weight is 344 g/mol. The quantitative estimate of drug-likeness (QED) is 0.586. The highest BCUT2D eigenvalue weighted by Crippen LogP contribution is 2.41. The minimum Gasteiger partial charge on any atom is -0.309 e. The van der Waals surface area contributed by atoms with Crippen LogP contribution in [0.4, 0.5) is 0 Å². The molecule has 1 aliphatic carbocycles. The maximum absolute atomic E-state index is 3.95. The molecule has 3 rings (SSSR count). The highest BCUT2D eigenvalue weighted by molar-refractivity contribution is 5.82. The van der Waals surface area contributed by atoms with Gasteiger partial charge < -0.3 is 5.32 Å². The van der Waals surface area contributed by atoms with E-state index in [-0.39, 0.29) is 0 Å². The van der Waals surface area contributed by atoms with E-state index in [1.165, 1.54) is 27.8 Å². The molecule has 0 saturated carbocycles. The number of allylic oxidation sites excluding steroid dienone is 3. The number of rotatable bonds is 2. The van der Waals surface area contributed by atoms with Crippen LogP contribution in [0.5, 0.6) is 0 Å². The summed E-state index contributed by atoms with van der Waals surface area (Å²) in [6, 6.07) is 7.09. The molecule has 2 aliphatic rings. The van der Waals surface area contributed by atoms with Gasteiger partial charge in [-0.15, -0.1) is 0 Å². The summed E-state index contributed by atoms with van der Waals surface area (Å²) in [7, 11) is 0. The average Bonchev–Trinajstić information content (AvgIpc) is 2.74. The monoisotopic (exact) mass is 343 g/mol. The lowest BCUT2D eigenvalue weighted by Crippen LogP contribution is -2.32. The normalized spacial score (nSPS) is 15.9. The van der Waals surface area contributed by atoms with Gasteiger partial charge in [-0.1, -0.05) is 98.9 Å². The standard InChI is InChI=1S/C16H17N.4C2H6/c1-3-11-10-15-16-12(8-9-17-15)6-5-7-14(16)13(11)4-2;4*1-2/h3-7,15,17H,1-2,8-10H2;4*1-2H3. The fourth-order valence-corrected chi connectivity index (χ4v) is 3.07. The van der Waals surface area contributed by atoms with Crippen molar-refractivity contribution in [1.82, 2.24) is 5.32 Å². The highest BCUT2D eigenvalue weighted by Gasteiger charge is 2.28. The second-order valence-electron chi connectivity index (χ2n) is 4.69. The lowest BCUT2D eigenvalue weighted by atomic mass is 9.78. The third-order valence-electron chi connectivity index (χ3n) is 3.84. The van der Waals surface area contributed by atoms with E-state index in [1.807, 2.05) is 67.5 Å². The third kappa shape index (κ3) is 6.32. The molecule has 0 saturated heterocycles. The van der Waals surface area contributed by atoms with E-state index in [9.17, 15) is 0 Å². The number of nitrogens with one attached hydrogen (secondary N) is 1. The minimum absolute atomic E-state index is 0.464. The van der Waals surface area contributed by atoms with Crippen LogP contribution in [0.2, 0.25) is 0 Å². The van der Waals surface area contributed by atoms with Gasteiger partial charge in [0.2, 0.25) is 0 Å². The van der Waals surface area contributed by atoms with Crippen molar-refractivity contribution in [1.29, 1.82) is 0 Å². The first kappa shape index (κ1) is 25.6. The Morgan fingerprint density at radius 2 is 1.52 bits per heavy atom. The van der Waals surface area contributed by atoms with E-state index in [0.29, 0.717) is 6.04 Å². The Bertz CT molecular complexity index is 523. The summed E-state index contributed by atoms with van der Waals surface area (Å²) in [5, 5.41) is 3.61. The van der Waals surface area contributed by atoms with Gasteiger partial charge in [0.25, 0.3) is 0 Å².